The second-order valence-electron chi connectivity index (χ2n) is 3.35. The fraction of sp³-hybridized carbons (Fsp3) is 0.364. The molecule has 1 aromatic heterocycles. The van der Waals surface area contributed by atoms with Crippen molar-refractivity contribution in [2.45, 2.75) is 20.3 Å². The zero-order valence-electron chi connectivity index (χ0n) is 8.36. The maximum absolute atomic E-state index is 11.5. The van der Waals surface area contributed by atoms with Crippen LogP contribution in [0.15, 0.2) is 24.4 Å². The Balaban J connectivity index is 2.64. The van der Waals surface area contributed by atoms with E-state index in [0.29, 0.717) is 5.69 Å². The molecule has 0 spiro atoms. The van der Waals surface area contributed by atoms with Crippen LogP contribution >= 0.6 is 0 Å². The van der Waals surface area contributed by atoms with E-state index in [9.17, 15) is 9.59 Å². The lowest BCUT2D eigenvalue weighted by atomic mass is 9.99. The van der Waals surface area contributed by atoms with Gasteiger partial charge in [0.05, 0.1) is 0 Å². The number of ketones is 2. The van der Waals surface area contributed by atoms with Gasteiger partial charge in [0.25, 0.3) is 0 Å². The molecule has 0 aliphatic carbocycles. The maximum Gasteiger partial charge on any atom is 0.181 e. The minimum atomic E-state index is -0.218. The highest BCUT2D eigenvalue weighted by Crippen LogP contribution is 2.08. The Morgan fingerprint density at radius 1 is 1.43 bits per heavy atom. The average molecular weight is 191 g/mol. The maximum atomic E-state index is 11.5. The van der Waals surface area contributed by atoms with Crippen molar-refractivity contribution in [3.05, 3.63) is 30.1 Å². The number of pyridine rings is 1. The second-order valence-corrected chi connectivity index (χ2v) is 3.35. The first-order valence-corrected chi connectivity index (χ1v) is 4.56. The molecule has 0 fully saturated rings. The molecule has 1 heterocycles. The lowest BCUT2D eigenvalue weighted by Gasteiger charge is -2.05. The fourth-order valence-electron chi connectivity index (χ4n) is 1.05. The third-order valence-corrected chi connectivity index (χ3v) is 2.14. The molecule has 0 radical (unpaired) electrons. The van der Waals surface area contributed by atoms with E-state index in [0.717, 1.165) is 0 Å². The Hall–Kier alpha value is -1.51. The first-order valence-electron chi connectivity index (χ1n) is 4.56. The van der Waals surface area contributed by atoms with Crippen LogP contribution in [0.1, 0.15) is 30.8 Å². The van der Waals surface area contributed by atoms with Gasteiger partial charge < -0.3 is 0 Å². The Morgan fingerprint density at radius 3 is 2.64 bits per heavy atom. The largest absolute Gasteiger partial charge is 0.300 e. The SMILES string of the molecule is CC(=O)C(C)CC(=O)c1ccccn1. The number of carbonyl (C=O) groups excluding carboxylic acids is 2. The zero-order chi connectivity index (χ0) is 10.6. The van der Waals surface area contributed by atoms with Gasteiger partial charge in [-0.2, -0.15) is 0 Å². The summed E-state index contributed by atoms with van der Waals surface area (Å²) in [6.07, 6.45) is 1.82. The van der Waals surface area contributed by atoms with Crippen molar-refractivity contribution in [3.8, 4) is 0 Å². The molecule has 0 amide bonds. The number of hydrogen-bond donors (Lipinski definition) is 0. The molecular formula is C11H13NO2. The molecule has 0 saturated carbocycles. The molecule has 0 N–H and O–H groups in total. The molecule has 1 rings (SSSR count). The number of rotatable bonds is 4. The van der Waals surface area contributed by atoms with E-state index in [2.05, 4.69) is 4.98 Å². The van der Waals surface area contributed by atoms with Gasteiger partial charge in [-0.25, -0.2) is 0 Å². The molecule has 0 saturated heterocycles. The van der Waals surface area contributed by atoms with Gasteiger partial charge in [-0.15, -0.1) is 0 Å². The lowest BCUT2D eigenvalue weighted by molar-refractivity contribution is -0.120. The molecular weight excluding hydrogens is 178 g/mol. The Kier molecular flexibility index (Phi) is 3.51. The summed E-state index contributed by atoms with van der Waals surface area (Å²) in [7, 11) is 0. The smallest absolute Gasteiger partial charge is 0.181 e. The molecule has 14 heavy (non-hydrogen) atoms. The van der Waals surface area contributed by atoms with E-state index >= 15 is 0 Å². The summed E-state index contributed by atoms with van der Waals surface area (Å²) < 4.78 is 0. The molecule has 0 aliphatic rings. The van der Waals surface area contributed by atoms with E-state index in [1.54, 1.807) is 31.3 Å². The van der Waals surface area contributed by atoms with E-state index in [4.69, 9.17) is 0 Å². The van der Waals surface area contributed by atoms with Crippen LogP contribution in [0.3, 0.4) is 0 Å². The number of hydrogen-bond acceptors (Lipinski definition) is 3. The predicted octanol–water partition coefficient (Wildman–Crippen LogP) is 1.88. The topological polar surface area (TPSA) is 47.0 Å². The van der Waals surface area contributed by atoms with E-state index in [-0.39, 0.29) is 23.9 Å². The Labute approximate surface area is 83.2 Å². The van der Waals surface area contributed by atoms with E-state index in [1.165, 1.54) is 6.92 Å². The lowest BCUT2D eigenvalue weighted by Crippen LogP contribution is -2.13. The average Bonchev–Trinajstić information content (AvgIpc) is 2.19. The highest BCUT2D eigenvalue weighted by atomic mass is 16.1. The summed E-state index contributed by atoms with van der Waals surface area (Å²) >= 11 is 0. The molecule has 1 unspecified atom stereocenters. The van der Waals surface area contributed by atoms with Crippen molar-refractivity contribution in [1.29, 1.82) is 0 Å². The van der Waals surface area contributed by atoms with Crippen molar-refractivity contribution >= 4 is 11.6 Å². The molecule has 3 nitrogen and oxygen atoms in total. The van der Waals surface area contributed by atoms with E-state index in [1.807, 2.05) is 0 Å². The number of Topliss-reactive ketones (excluding diaryl/α,β-unsaturated/α-hetero) is 2. The monoisotopic (exact) mass is 191 g/mol. The van der Waals surface area contributed by atoms with Crippen molar-refractivity contribution in [2.75, 3.05) is 0 Å². The summed E-state index contributed by atoms with van der Waals surface area (Å²) in [5.74, 6) is -0.257. The molecule has 3 heteroatoms. The van der Waals surface area contributed by atoms with Gasteiger partial charge in [0.1, 0.15) is 11.5 Å². The molecule has 1 aromatic rings. The molecule has 74 valence electrons. The molecule has 0 aliphatic heterocycles. The van der Waals surface area contributed by atoms with Gasteiger partial charge >= 0.3 is 0 Å². The standard InChI is InChI=1S/C11H13NO2/c1-8(9(2)13)7-11(14)10-5-3-4-6-12-10/h3-6,8H,7H2,1-2H3. The third-order valence-electron chi connectivity index (χ3n) is 2.14. The van der Waals surface area contributed by atoms with Gasteiger partial charge in [-0.3, -0.25) is 14.6 Å². The fourth-order valence-corrected chi connectivity index (χ4v) is 1.05. The van der Waals surface area contributed by atoms with E-state index < -0.39 is 0 Å². The highest BCUT2D eigenvalue weighted by molar-refractivity contribution is 5.96. The van der Waals surface area contributed by atoms with Crippen LogP contribution in [0.5, 0.6) is 0 Å². The minimum absolute atomic E-state index is 0.0364. The normalized spacial score (nSPS) is 12.1. The van der Waals surface area contributed by atoms with Crippen LogP contribution in [0.2, 0.25) is 0 Å². The second kappa shape index (κ2) is 4.65. The van der Waals surface area contributed by atoms with Crippen LogP contribution in [-0.2, 0) is 4.79 Å². The number of nitrogens with zero attached hydrogens (tertiary/aromatic N) is 1. The van der Waals surface area contributed by atoms with Crippen LogP contribution < -0.4 is 0 Å². The van der Waals surface area contributed by atoms with Crippen molar-refractivity contribution in [2.24, 2.45) is 5.92 Å². The molecule has 0 aromatic carbocycles. The van der Waals surface area contributed by atoms with Gasteiger partial charge in [0.2, 0.25) is 0 Å². The van der Waals surface area contributed by atoms with Crippen LogP contribution in [0.25, 0.3) is 0 Å². The molecule has 0 bridgehead atoms. The Bertz CT molecular complexity index is 332. The van der Waals surface area contributed by atoms with Gasteiger partial charge in [-0.1, -0.05) is 13.0 Å². The van der Waals surface area contributed by atoms with Gasteiger partial charge in [0.15, 0.2) is 5.78 Å². The van der Waals surface area contributed by atoms with Crippen LogP contribution in [-0.4, -0.2) is 16.6 Å². The van der Waals surface area contributed by atoms with Crippen molar-refractivity contribution in [3.63, 3.8) is 0 Å². The highest BCUT2D eigenvalue weighted by Gasteiger charge is 2.14. The predicted molar refractivity (Wildman–Crippen MR) is 53.0 cm³/mol. The summed E-state index contributed by atoms with van der Waals surface area (Å²) in [5.41, 5.74) is 0.431. The van der Waals surface area contributed by atoms with Crippen molar-refractivity contribution in [1.82, 2.24) is 4.98 Å². The first kappa shape index (κ1) is 10.6. The third kappa shape index (κ3) is 2.76. The number of carbonyl (C=O) groups is 2. The number of aromatic nitrogens is 1. The summed E-state index contributed by atoms with van der Waals surface area (Å²) in [4.78, 5) is 26.4. The minimum Gasteiger partial charge on any atom is -0.300 e. The summed E-state index contributed by atoms with van der Waals surface area (Å²) in [6.45, 7) is 3.25. The van der Waals surface area contributed by atoms with Gasteiger partial charge in [0, 0.05) is 18.5 Å². The quantitative estimate of drug-likeness (QED) is 0.682. The van der Waals surface area contributed by atoms with Crippen LogP contribution in [0.4, 0.5) is 0 Å². The van der Waals surface area contributed by atoms with Crippen LogP contribution in [0, 0.1) is 5.92 Å². The summed E-state index contributed by atoms with van der Waals surface area (Å²) in [5, 5.41) is 0. The molecule has 1 atom stereocenters. The van der Waals surface area contributed by atoms with Gasteiger partial charge in [-0.05, 0) is 19.1 Å². The zero-order valence-corrected chi connectivity index (χ0v) is 8.36. The first-order chi connectivity index (χ1) is 6.61. The summed E-state index contributed by atoms with van der Waals surface area (Å²) in [6, 6.07) is 5.18. The Morgan fingerprint density at radius 2 is 2.14 bits per heavy atom. The van der Waals surface area contributed by atoms with Crippen molar-refractivity contribution < 1.29 is 9.59 Å².